The second kappa shape index (κ2) is 16.6. The lowest BCUT2D eigenvalue weighted by atomic mass is 9.88. The Hall–Kier alpha value is -5.03. The number of sulfonamides is 1. The van der Waals surface area contributed by atoms with E-state index in [0.29, 0.717) is 48.6 Å². The van der Waals surface area contributed by atoms with Crippen molar-refractivity contribution in [3.8, 4) is 33.3 Å². The van der Waals surface area contributed by atoms with Crippen LogP contribution < -0.4 is 24.8 Å². The minimum absolute atomic E-state index is 0.00230. The molecule has 0 unspecified atom stereocenters. The van der Waals surface area contributed by atoms with Gasteiger partial charge in [0.2, 0.25) is 21.8 Å². The lowest BCUT2D eigenvalue weighted by Crippen LogP contribution is -2.59. The summed E-state index contributed by atoms with van der Waals surface area (Å²) in [5.41, 5.74) is 2.15. The van der Waals surface area contributed by atoms with Crippen LogP contribution in [0.4, 0.5) is 4.79 Å². The van der Waals surface area contributed by atoms with Crippen molar-refractivity contribution in [2.45, 2.75) is 114 Å². The maximum absolute atomic E-state index is 14.6. The summed E-state index contributed by atoms with van der Waals surface area (Å²) < 4.78 is 40.1. The lowest BCUT2D eigenvalue weighted by Gasteiger charge is -2.32. The number of amides is 4. The van der Waals surface area contributed by atoms with Crippen LogP contribution in [0.3, 0.4) is 0 Å². The summed E-state index contributed by atoms with van der Waals surface area (Å²) in [6, 6.07) is 8.72. The van der Waals surface area contributed by atoms with Crippen molar-refractivity contribution in [2.75, 3.05) is 6.54 Å². The van der Waals surface area contributed by atoms with Gasteiger partial charge in [0.1, 0.15) is 35.2 Å². The molecule has 2 aliphatic carbocycles. The molecule has 4 aliphatic rings. The number of carbonyl (C=O) groups excluding carboxylic acids is 3. The number of carboxylic acid groups (broad SMARTS) is 1. The molecular formula is C42H52N6O9S2. The molecule has 7 atom stereocenters. The van der Waals surface area contributed by atoms with Gasteiger partial charge in [-0.2, -0.15) is 0 Å². The van der Waals surface area contributed by atoms with Crippen molar-refractivity contribution in [3.63, 3.8) is 0 Å². The van der Waals surface area contributed by atoms with Gasteiger partial charge in [-0.1, -0.05) is 26.0 Å². The van der Waals surface area contributed by atoms with E-state index >= 15 is 0 Å². The number of thiazole rings is 1. The molecule has 0 radical (unpaired) electrons. The van der Waals surface area contributed by atoms with Gasteiger partial charge in [0.05, 0.1) is 39.2 Å². The highest BCUT2D eigenvalue weighted by Crippen LogP contribution is 2.48. The van der Waals surface area contributed by atoms with Crippen LogP contribution in [0.25, 0.3) is 21.8 Å². The van der Waals surface area contributed by atoms with Gasteiger partial charge in [-0.05, 0) is 95.4 Å². The van der Waals surface area contributed by atoms with Crippen LogP contribution in [0.2, 0.25) is 0 Å². The Labute approximate surface area is 348 Å². The van der Waals surface area contributed by atoms with Gasteiger partial charge >= 0.3 is 6.09 Å². The molecule has 59 heavy (non-hydrogen) atoms. The van der Waals surface area contributed by atoms with Crippen LogP contribution in [-0.2, 0) is 24.4 Å². The maximum atomic E-state index is 14.6. The quantitative estimate of drug-likeness (QED) is 0.187. The number of rotatable bonds is 10. The largest absolute Gasteiger partial charge is 0.491 e. The number of hydrogen-bond donors (Lipinski definition) is 4. The zero-order valence-corrected chi connectivity index (χ0v) is 35.5. The number of fused-ring (bicyclic) bond motifs is 2. The van der Waals surface area contributed by atoms with E-state index in [9.17, 15) is 32.7 Å². The highest BCUT2D eigenvalue weighted by atomic mass is 32.2. The highest BCUT2D eigenvalue weighted by molar-refractivity contribution is 7.91. The predicted octanol–water partition coefficient (Wildman–Crippen LogP) is 5.53. The first-order valence-corrected chi connectivity index (χ1v) is 22.5. The van der Waals surface area contributed by atoms with E-state index in [1.54, 1.807) is 30.8 Å². The maximum Gasteiger partial charge on any atom is 0.405 e. The molecule has 2 aliphatic heterocycles. The molecule has 2 aromatic heterocycles. The fraction of sp³-hybridized carbons (Fsp3) is 0.524. The van der Waals surface area contributed by atoms with E-state index in [2.05, 4.69) is 20.3 Å². The Morgan fingerprint density at radius 3 is 2.46 bits per heavy atom. The van der Waals surface area contributed by atoms with Crippen LogP contribution in [0, 0.1) is 17.8 Å². The molecular weight excluding hydrogens is 797 g/mol. The van der Waals surface area contributed by atoms with E-state index in [4.69, 9.17) is 14.5 Å². The number of carbonyl (C=O) groups is 4. The van der Waals surface area contributed by atoms with Crippen molar-refractivity contribution < 1.29 is 42.2 Å². The van der Waals surface area contributed by atoms with E-state index in [-0.39, 0.29) is 31.4 Å². The molecule has 4 amide bonds. The normalized spacial score (nSPS) is 28.0. The van der Waals surface area contributed by atoms with Gasteiger partial charge in [0.15, 0.2) is 0 Å². The molecule has 17 heteroatoms. The summed E-state index contributed by atoms with van der Waals surface area (Å²) in [4.78, 5) is 66.4. The summed E-state index contributed by atoms with van der Waals surface area (Å²) in [5.74, 6) is -1.73. The standard InChI is InChI=1S/C42H52N6O9S2/c1-24(2)56-29-12-10-27(11-13-29)32-17-30(18-33(44-32)35-21-43-23-58-35)57-31-19-34-37(49)46-42(39(51)47-59(54,55)41(5)14-15-41)20-28(42)9-7-6-8-25(3)16-26(4)36(45-40(52)53)38(50)48(34)22-31/h7,9-13,17-18,21,23-26,28,31,34,36,45H,6,8,14-16,19-20,22H2,1-5H3,(H,46,49)(H,47,51)(H,52,53)/t25-,26-,28-,31-,34+,36+,42-/m1/s1. The Bertz CT molecular complexity index is 2210. The highest BCUT2D eigenvalue weighted by Gasteiger charge is 2.63. The van der Waals surface area contributed by atoms with Crippen LogP contribution >= 0.6 is 11.3 Å². The summed E-state index contributed by atoms with van der Waals surface area (Å²) in [7, 11) is -4.02. The molecule has 3 aromatic rings. The number of allylic oxidation sites excluding steroid dienone is 1. The van der Waals surface area contributed by atoms with E-state index in [1.807, 2.05) is 64.1 Å². The molecule has 7 rings (SSSR count). The van der Waals surface area contributed by atoms with E-state index in [1.165, 1.54) is 16.2 Å². The first kappa shape index (κ1) is 42.1. The molecule has 0 bridgehead atoms. The molecule has 4 N–H and O–H groups in total. The van der Waals surface area contributed by atoms with Crippen LogP contribution in [-0.4, -0.2) is 93.3 Å². The van der Waals surface area contributed by atoms with Gasteiger partial charge in [-0.3, -0.25) is 24.1 Å². The number of benzene rings is 1. The average Bonchev–Trinajstić information content (AvgIpc) is 3.92. The van der Waals surface area contributed by atoms with Crippen molar-refractivity contribution in [1.29, 1.82) is 0 Å². The van der Waals surface area contributed by atoms with Gasteiger partial charge in [0.25, 0.3) is 5.91 Å². The number of nitrogens with one attached hydrogen (secondary N) is 3. The van der Waals surface area contributed by atoms with Gasteiger partial charge < -0.3 is 30.1 Å². The Balaban J connectivity index is 1.22. The zero-order chi connectivity index (χ0) is 42.3. The molecule has 316 valence electrons. The van der Waals surface area contributed by atoms with Gasteiger partial charge in [-0.25, -0.2) is 18.2 Å². The molecule has 0 spiro atoms. The smallest absolute Gasteiger partial charge is 0.405 e. The molecule has 4 heterocycles. The fourth-order valence-corrected chi connectivity index (χ4v) is 9.98. The topological polar surface area (TPSA) is 206 Å². The fourth-order valence-electron chi connectivity index (χ4n) is 8.09. The third kappa shape index (κ3) is 9.25. The number of pyridine rings is 1. The van der Waals surface area contributed by atoms with Gasteiger partial charge in [0, 0.05) is 36.2 Å². The molecule has 3 fully saturated rings. The molecule has 1 saturated heterocycles. The SMILES string of the molecule is CC(C)Oc1ccc(-c2cc(O[C@@H]3C[C@H]4C(=O)N[C@]5(C(=O)NS(=O)(=O)C6(C)CC6)C[C@H]5C=CCC[C@@H](C)C[C@@H](C)[C@H](NC(=O)O)C(=O)N4C3)cc(-c3cncs3)n2)cc1. The Morgan fingerprint density at radius 2 is 1.80 bits per heavy atom. The zero-order valence-electron chi connectivity index (χ0n) is 33.8. The van der Waals surface area contributed by atoms with Crippen molar-refractivity contribution in [1.82, 2.24) is 30.2 Å². The number of hydrogen-bond acceptors (Lipinski definition) is 11. The third-order valence-corrected chi connectivity index (χ3v) is 14.8. The van der Waals surface area contributed by atoms with Gasteiger partial charge in [-0.15, -0.1) is 11.3 Å². The Morgan fingerprint density at radius 1 is 1.07 bits per heavy atom. The molecule has 15 nitrogen and oxygen atoms in total. The second-order valence-corrected chi connectivity index (χ2v) is 20.1. The third-order valence-electron chi connectivity index (χ3n) is 11.8. The summed E-state index contributed by atoms with van der Waals surface area (Å²) in [6.45, 7) is 9.26. The second-order valence-electron chi connectivity index (χ2n) is 17.0. The number of nitrogens with zero attached hydrogens (tertiary/aromatic N) is 3. The summed E-state index contributed by atoms with van der Waals surface area (Å²) in [5, 5.41) is 15.2. The average molecular weight is 849 g/mol. The van der Waals surface area contributed by atoms with Crippen LogP contribution in [0.1, 0.15) is 79.6 Å². The van der Waals surface area contributed by atoms with Crippen LogP contribution in [0.15, 0.2) is 60.3 Å². The van der Waals surface area contributed by atoms with E-state index < -0.39 is 74.1 Å². The minimum atomic E-state index is -4.02. The molecule has 2 saturated carbocycles. The number of aromatic nitrogens is 2. The summed E-state index contributed by atoms with van der Waals surface area (Å²) in [6.07, 6.45) is 6.31. The number of ether oxygens (including phenoxy) is 2. The lowest BCUT2D eigenvalue weighted by molar-refractivity contribution is -0.142. The van der Waals surface area contributed by atoms with E-state index in [0.717, 1.165) is 16.9 Å². The minimum Gasteiger partial charge on any atom is -0.491 e. The van der Waals surface area contributed by atoms with Crippen molar-refractivity contribution in [3.05, 3.63) is 60.3 Å². The summed E-state index contributed by atoms with van der Waals surface area (Å²) >= 11 is 1.41. The monoisotopic (exact) mass is 848 g/mol. The first-order valence-electron chi connectivity index (χ1n) is 20.2. The van der Waals surface area contributed by atoms with Crippen molar-refractivity contribution in [2.24, 2.45) is 17.8 Å². The predicted molar refractivity (Wildman–Crippen MR) is 221 cm³/mol. The Kier molecular flexibility index (Phi) is 11.8. The first-order chi connectivity index (χ1) is 28.0. The molecule has 1 aromatic carbocycles. The van der Waals surface area contributed by atoms with Crippen LogP contribution in [0.5, 0.6) is 11.5 Å². The van der Waals surface area contributed by atoms with Crippen molar-refractivity contribution >= 4 is 45.2 Å².